The fourth-order valence-electron chi connectivity index (χ4n) is 1.51. The molecule has 16 heavy (non-hydrogen) atoms. The predicted molar refractivity (Wildman–Crippen MR) is 60.9 cm³/mol. The molecule has 1 aromatic carbocycles. The van der Waals surface area contributed by atoms with Crippen molar-refractivity contribution in [1.82, 2.24) is 0 Å². The van der Waals surface area contributed by atoms with Crippen molar-refractivity contribution in [2.24, 2.45) is 11.1 Å². The zero-order valence-electron chi connectivity index (χ0n) is 9.66. The van der Waals surface area contributed by atoms with Gasteiger partial charge in [0.25, 0.3) is 0 Å². The van der Waals surface area contributed by atoms with Gasteiger partial charge in [-0.3, -0.25) is 0 Å². The van der Waals surface area contributed by atoms with Gasteiger partial charge in [0.1, 0.15) is 0 Å². The summed E-state index contributed by atoms with van der Waals surface area (Å²) in [6.45, 7) is 2.21. The molecule has 0 aromatic heterocycles. The van der Waals surface area contributed by atoms with Gasteiger partial charge in [0, 0.05) is 18.6 Å². The highest BCUT2D eigenvalue weighted by Gasteiger charge is 2.22. The van der Waals surface area contributed by atoms with Crippen molar-refractivity contribution in [3.8, 4) is 5.75 Å². The minimum Gasteiger partial charge on any atom is -0.494 e. The van der Waals surface area contributed by atoms with Crippen LogP contribution in [0, 0.1) is 11.2 Å². The monoisotopic (exact) mass is 227 g/mol. The maximum absolute atomic E-state index is 13.4. The number of hydrogen-bond donors (Lipinski definition) is 2. The number of aliphatic hydroxyl groups is 1. The van der Waals surface area contributed by atoms with Crippen LogP contribution in [0.1, 0.15) is 12.5 Å². The molecular weight excluding hydrogens is 209 g/mol. The molecule has 1 atom stereocenters. The number of ether oxygens (including phenoxy) is 1. The molecule has 90 valence electrons. The number of aliphatic hydroxyl groups excluding tert-OH is 1. The van der Waals surface area contributed by atoms with Crippen LogP contribution in [-0.4, -0.2) is 25.4 Å². The van der Waals surface area contributed by atoms with Gasteiger partial charge in [-0.05, 0) is 24.1 Å². The van der Waals surface area contributed by atoms with E-state index in [2.05, 4.69) is 0 Å². The standard InChI is InChI=1S/C12H18FNO2/c1-12(7-14,8-15)6-9-3-4-11(16-2)10(13)5-9/h3-5,15H,6-8,14H2,1-2H3. The Morgan fingerprint density at radius 2 is 2.19 bits per heavy atom. The zero-order chi connectivity index (χ0) is 12.2. The largest absolute Gasteiger partial charge is 0.494 e. The molecule has 3 nitrogen and oxygen atoms in total. The molecule has 0 radical (unpaired) electrons. The fraction of sp³-hybridized carbons (Fsp3) is 0.500. The van der Waals surface area contributed by atoms with Gasteiger partial charge in [0.2, 0.25) is 0 Å². The summed E-state index contributed by atoms with van der Waals surface area (Å²) >= 11 is 0. The van der Waals surface area contributed by atoms with Crippen LogP contribution >= 0.6 is 0 Å². The molecule has 0 heterocycles. The van der Waals surface area contributed by atoms with Crippen LogP contribution in [0.25, 0.3) is 0 Å². The summed E-state index contributed by atoms with van der Waals surface area (Å²) in [6.07, 6.45) is 0.543. The Morgan fingerprint density at radius 1 is 1.50 bits per heavy atom. The second kappa shape index (κ2) is 5.27. The van der Waals surface area contributed by atoms with Gasteiger partial charge in [-0.25, -0.2) is 4.39 Å². The number of halogens is 1. The van der Waals surface area contributed by atoms with Gasteiger partial charge >= 0.3 is 0 Å². The van der Waals surface area contributed by atoms with Gasteiger partial charge in [-0.15, -0.1) is 0 Å². The zero-order valence-corrected chi connectivity index (χ0v) is 9.66. The smallest absolute Gasteiger partial charge is 0.165 e. The molecule has 1 aromatic rings. The number of rotatable bonds is 5. The third kappa shape index (κ3) is 2.93. The number of methoxy groups -OCH3 is 1. The van der Waals surface area contributed by atoms with Crippen molar-refractivity contribution < 1.29 is 14.2 Å². The average molecular weight is 227 g/mol. The van der Waals surface area contributed by atoms with Crippen LogP contribution in [-0.2, 0) is 6.42 Å². The summed E-state index contributed by atoms with van der Waals surface area (Å²) in [5, 5.41) is 9.22. The van der Waals surface area contributed by atoms with Gasteiger partial charge in [0.05, 0.1) is 7.11 Å². The Hall–Kier alpha value is -1.13. The molecule has 3 N–H and O–H groups in total. The molecule has 0 fully saturated rings. The first kappa shape index (κ1) is 12.9. The summed E-state index contributed by atoms with van der Waals surface area (Å²) in [6, 6.07) is 4.78. The SMILES string of the molecule is COc1ccc(CC(C)(CN)CO)cc1F. The molecule has 0 saturated carbocycles. The lowest BCUT2D eigenvalue weighted by molar-refractivity contribution is 0.149. The Bertz CT molecular complexity index is 351. The van der Waals surface area contributed by atoms with Crippen LogP contribution < -0.4 is 10.5 Å². The van der Waals surface area contributed by atoms with Crippen molar-refractivity contribution >= 4 is 0 Å². The Kier molecular flexibility index (Phi) is 4.26. The maximum atomic E-state index is 13.4. The third-order valence-corrected chi connectivity index (χ3v) is 2.72. The summed E-state index contributed by atoms with van der Waals surface area (Å²) in [5.74, 6) is -0.167. The van der Waals surface area contributed by atoms with Crippen LogP contribution in [0.3, 0.4) is 0 Å². The van der Waals surface area contributed by atoms with E-state index < -0.39 is 11.2 Å². The highest BCUT2D eigenvalue weighted by Crippen LogP contribution is 2.24. The van der Waals surface area contributed by atoms with Gasteiger partial charge in [-0.2, -0.15) is 0 Å². The number of benzene rings is 1. The van der Waals surface area contributed by atoms with Gasteiger partial charge < -0.3 is 15.6 Å². The molecular formula is C12H18FNO2. The molecule has 4 heteroatoms. The summed E-state index contributed by atoms with van der Waals surface area (Å²) in [7, 11) is 1.43. The molecule has 0 spiro atoms. The van der Waals surface area contributed by atoms with E-state index in [1.807, 2.05) is 6.92 Å². The van der Waals surface area contributed by atoms with E-state index in [0.717, 1.165) is 5.56 Å². The van der Waals surface area contributed by atoms with Crippen LogP contribution in [0.2, 0.25) is 0 Å². The van der Waals surface area contributed by atoms with Crippen LogP contribution in [0.5, 0.6) is 5.75 Å². The first-order valence-corrected chi connectivity index (χ1v) is 5.18. The van der Waals surface area contributed by atoms with E-state index in [9.17, 15) is 9.50 Å². The highest BCUT2D eigenvalue weighted by atomic mass is 19.1. The molecule has 0 bridgehead atoms. The van der Waals surface area contributed by atoms with Gasteiger partial charge in [-0.1, -0.05) is 13.0 Å². The van der Waals surface area contributed by atoms with Crippen molar-refractivity contribution in [3.05, 3.63) is 29.6 Å². The maximum Gasteiger partial charge on any atom is 0.165 e. The summed E-state index contributed by atoms with van der Waals surface area (Å²) in [5.41, 5.74) is 5.99. The van der Waals surface area contributed by atoms with Crippen molar-refractivity contribution in [1.29, 1.82) is 0 Å². The van der Waals surface area contributed by atoms with Crippen LogP contribution in [0.4, 0.5) is 4.39 Å². The molecule has 1 rings (SSSR count). The summed E-state index contributed by atoms with van der Waals surface area (Å²) < 4.78 is 18.2. The van der Waals surface area contributed by atoms with E-state index in [0.29, 0.717) is 13.0 Å². The minimum absolute atomic E-state index is 0.0167. The first-order chi connectivity index (χ1) is 7.54. The van der Waals surface area contributed by atoms with Gasteiger partial charge in [0.15, 0.2) is 11.6 Å². The number of nitrogens with two attached hydrogens (primary N) is 1. The third-order valence-electron chi connectivity index (χ3n) is 2.72. The van der Waals surface area contributed by atoms with E-state index in [1.54, 1.807) is 12.1 Å². The second-order valence-electron chi connectivity index (χ2n) is 4.32. The average Bonchev–Trinajstić information content (AvgIpc) is 2.29. The lowest BCUT2D eigenvalue weighted by Crippen LogP contribution is -2.33. The van der Waals surface area contributed by atoms with Crippen molar-refractivity contribution in [2.75, 3.05) is 20.3 Å². The fourth-order valence-corrected chi connectivity index (χ4v) is 1.51. The lowest BCUT2D eigenvalue weighted by Gasteiger charge is -2.25. The Morgan fingerprint density at radius 3 is 2.62 bits per heavy atom. The molecule has 0 saturated heterocycles. The predicted octanol–water partition coefficient (Wildman–Crippen LogP) is 1.33. The second-order valence-corrected chi connectivity index (χ2v) is 4.32. The topological polar surface area (TPSA) is 55.5 Å². The molecule has 1 unspecified atom stereocenters. The molecule has 0 aliphatic heterocycles. The Labute approximate surface area is 95.0 Å². The quantitative estimate of drug-likeness (QED) is 0.798. The van der Waals surface area contributed by atoms with Crippen LogP contribution in [0.15, 0.2) is 18.2 Å². The summed E-state index contributed by atoms with van der Waals surface area (Å²) in [4.78, 5) is 0. The minimum atomic E-state index is -0.402. The van der Waals surface area contributed by atoms with E-state index in [-0.39, 0.29) is 12.4 Å². The molecule has 0 aliphatic carbocycles. The van der Waals surface area contributed by atoms with E-state index in [1.165, 1.54) is 13.2 Å². The first-order valence-electron chi connectivity index (χ1n) is 5.18. The Balaban J connectivity index is 2.86. The van der Waals surface area contributed by atoms with Crippen molar-refractivity contribution in [3.63, 3.8) is 0 Å². The lowest BCUT2D eigenvalue weighted by atomic mass is 9.84. The van der Waals surface area contributed by atoms with Crippen molar-refractivity contribution in [2.45, 2.75) is 13.3 Å². The molecule has 0 amide bonds. The van der Waals surface area contributed by atoms with E-state index >= 15 is 0 Å². The van der Waals surface area contributed by atoms with E-state index in [4.69, 9.17) is 10.5 Å². The highest BCUT2D eigenvalue weighted by molar-refractivity contribution is 5.29. The number of hydrogen-bond acceptors (Lipinski definition) is 3. The normalized spacial score (nSPS) is 14.6. The molecule has 0 aliphatic rings.